The highest BCUT2D eigenvalue weighted by molar-refractivity contribution is 6.42. The first-order valence-corrected chi connectivity index (χ1v) is 7.42. The lowest BCUT2D eigenvalue weighted by Crippen LogP contribution is -2.28. The van der Waals surface area contributed by atoms with Gasteiger partial charge in [-0.05, 0) is 48.7 Å². The van der Waals surface area contributed by atoms with Gasteiger partial charge in [-0.3, -0.25) is 4.79 Å². The summed E-state index contributed by atoms with van der Waals surface area (Å²) in [7, 11) is 1.79. The molecule has 0 radical (unpaired) electrons. The van der Waals surface area contributed by atoms with Crippen molar-refractivity contribution in [3.05, 3.63) is 63.1 Å². The highest BCUT2D eigenvalue weighted by Gasteiger charge is 2.14. The van der Waals surface area contributed by atoms with E-state index in [2.05, 4.69) is 0 Å². The molecule has 21 heavy (non-hydrogen) atoms. The molecular weight excluding hydrogens is 305 g/mol. The van der Waals surface area contributed by atoms with Crippen molar-refractivity contribution in [2.45, 2.75) is 20.3 Å². The van der Waals surface area contributed by atoms with Crippen LogP contribution in [0.3, 0.4) is 0 Å². The molecule has 2 nitrogen and oxygen atoms in total. The number of halogens is 2. The van der Waals surface area contributed by atoms with E-state index in [9.17, 15) is 4.79 Å². The molecule has 4 heteroatoms. The summed E-state index contributed by atoms with van der Waals surface area (Å²) in [5, 5.41) is 0.965. The summed E-state index contributed by atoms with van der Waals surface area (Å²) < 4.78 is 0. The fourth-order valence-corrected chi connectivity index (χ4v) is 2.48. The van der Waals surface area contributed by atoms with Crippen LogP contribution < -0.4 is 4.90 Å². The minimum atomic E-state index is 0.0158. The van der Waals surface area contributed by atoms with Gasteiger partial charge in [0.2, 0.25) is 5.91 Å². The van der Waals surface area contributed by atoms with E-state index in [0.717, 1.165) is 22.4 Å². The number of rotatable bonds is 3. The van der Waals surface area contributed by atoms with E-state index in [1.165, 1.54) is 0 Å². The summed E-state index contributed by atoms with van der Waals surface area (Å²) in [6.07, 6.45) is 0.292. The summed E-state index contributed by atoms with van der Waals surface area (Å²) in [4.78, 5) is 14.1. The maximum absolute atomic E-state index is 12.4. The number of hydrogen-bond donors (Lipinski definition) is 0. The Kier molecular flexibility index (Phi) is 4.92. The summed E-state index contributed by atoms with van der Waals surface area (Å²) in [5.74, 6) is 0.0158. The van der Waals surface area contributed by atoms with E-state index in [0.29, 0.717) is 16.5 Å². The van der Waals surface area contributed by atoms with Crippen LogP contribution in [0.4, 0.5) is 5.69 Å². The average molecular weight is 322 g/mol. The fraction of sp³-hybridized carbons (Fsp3) is 0.235. The molecule has 0 aliphatic rings. The molecule has 1 amide bonds. The van der Waals surface area contributed by atoms with Gasteiger partial charge in [0.1, 0.15) is 0 Å². The number of nitrogens with zero attached hydrogens (tertiary/aromatic N) is 1. The Balaban J connectivity index is 2.19. The molecule has 0 aliphatic heterocycles. The number of benzene rings is 2. The third kappa shape index (κ3) is 3.78. The zero-order valence-corrected chi connectivity index (χ0v) is 13.8. The van der Waals surface area contributed by atoms with Crippen molar-refractivity contribution in [3.63, 3.8) is 0 Å². The van der Waals surface area contributed by atoms with Crippen LogP contribution in [-0.2, 0) is 11.2 Å². The standard InChI is InChI=1S/C17H17Cl2NO/c1-11-4-5-12(2)16(8-11)20(3)17(21)10-13-6-7-14(18)15(19)9-13/h4-9H,10H2,1-3H3. The Morgan fingerprint density at radius 2 is 1.76 bits per heavy atom. The monoisotopic (exact) mass is 321 g/mol. The number of carbonyl (C=O) groups excluding carboxylic acids is 1. The topological polar surface area (TPSA) is 20.3 Å². The number of carbonyl (C=O) groups is 1. The number of amides is 1. The van der Waals surface area contributed by atoms with Gasteiger partial charge >= 0.3 is 0 Å². The second-order valence-electron chi connectivity index (χ2n) is 5.17. The lowest BCUT2D eigenvalue weighted by molar-refractivity contribution is -0.117. The Bertz CT molecular complexity index is 682. The SMILES string of the molecule is Cc1ccc(C)c(N(C)C(=O)Cc2ccc(Cl)c(Cl)c2)c1. The molecule has 0 unspecified atom stereocenters. The van der Waals surface area contributed by atoms with E-state index in [1.807, 2.05) is 38.1 Å². The molecule has 0 N–H and O–H groups in total. The lowest BCUT2D eigenvalue weighted by atomic mass is 10.1. The molecule has 0 fully saturated rings. The number of anilines is 1. The molecule has 0 spiro atoms. The summed E-state index contributed by atoms with van der Waals surface area (Å²) >= 11 is 11.9. The molecular formula is C17H17Cl2NO. The zero-order valence-electron chi connectivity index (χ0n) is 12.3. The first-order chi connectivity index (χ1) is 9.88. The molecule has 0 bridgehead atoms. The van der Waals surface area contributed by atoms with Crippen LogP contribution in [0, 0.1) is 13.8 Å². The van der Waals surface area contributed by atoms with Gasteiger partial charge in [0, 0.05) is 12.7 Å². The normalized spacial score (nSPS) is 10.5. The molecule has 2 aromatic carbocycles. The largest absolute Gasteiger partial charge is 0.315 e. The third-order valence-electron chi connectivity index (χ3n) is 3.44. The molecule has 0 saturated heterocycles. The van der Waals surface area contributed by atoms with E-state index in [-0.39, 0.29) is 5.91 Å². The summed E-state index contributed by atoms with van der Waals surface area (Å²) in [5.41, 5.74) is 3.99. The van der Waals surface area contributed by atoms with Crippen molar-refractivity contribution in [3.8, 4) is 0 Å². The van der Waals surface area contributed by atoms with Gasteiger partial charge in [-0.15, -0.1) is 0 Å². The molecule has 0 aliphatic carbocycles. The van der Waals surface area contributed by atoms with Crippen LogP contribution >= 0.6 is 23.2 Å². The van der Waals surface area contributed by atoms with Crippen LogP contribution in [0.5, 0.6) is 0 Å². The molecule has 0 atom stereocenters. The first-order valence-electron chi connectivity index (χ1n) is 6.66. The van der Waals surface area contributed by atoms with Gasteiger partial charge in [-0.2, -0.15) is 0 Å². The van der Waals surface area contributed by atoms with Gasteiger partial charge in [-0.25, -0.2) is 0 Å². The Hall–Kier alpha value is -1.51. The van der Waals surface area contributed by atoms with Crippen molar-refractivity contribution < 1.29 is 4.79 Å². The van der Waals surface area contributed by atoms with E-state index in [4.69, 9.17) is 23.2 Å². The molecule has 0 saturated carbocycles. The molecule has 110 valence electrons. The maximum atomic E-state index is 12.4. The molecule has 2 rings (SSSR count). The van der Waals surface area contributed by atoms with Crippen molar-refractivity contribution >= 4 is 34.8 Å². The highest BCUT2D eigenvalue weighted by Crippen LogP contribution is 2.24. The second kappa shape index (κ2) is 6.50. The lowest BCUT2D eigenvalue weighted by Gasteiger charge is -2.20. The van der Waals surface area contributed by atoms with Gasteiger partial charge in [0.05, 0.1) is 16.5 Å². The zero-order chi connectivity index (χ0) is 15.6. The first kappa shape index (κ1) is 15.9. The third-order valence-corrected chi connectivity index (χ3v) is 4.18. The van der Waals surface area contributed by atoms with Crippen LogP contribution in [0.15, 0.2) is 36.4 Å². The summed E-state index contributed by atoms with van der Waals surface area (Å²) in [6.45, 7) is 4.01. The Morgan fingerprint density at radius 3 is 2.43 bits per heavy atom. The minimum absolute atomic E-state index is 0.0158. The van der Waals surface area contributed by atoms with E-state index >= 15 is 0 Å². The van der Waals surface area contributed by atoms with E-state index in [1.54, 1.807) is 24.1 Å². The van der Waals surface area contributed by atoms with Gasteiger partial charge in [-0.1, -0.05) is 41.4 Å². The maximum Gasteiger partial charge on any atom is 0.231 e. The smallest absolute Gasteiger partial charge is 0.231 e. The number of aryl methyl sites for hydroxylation is 2. The van der Waals surface area contributed by atoms with Crippen molar-refractivity contribution in [1.29, 1.82) is 0 Å². The minimum Gasteiger partial charge on any atom is -0.315 e. The Morgan fingerprint density at radius 1 is 1.05 bits per heavy atom. The van der Waals surface area contributed by atoms with Gasteiger partial charge in [0.15, 0.2) is 0 Å². The van der Waals surface area contributed by atoms with Crippen LogP contribution in [0.25, 0.3) is 0 Å². The van der Waals surface area contributed by atoms with Crippen LogP contribution in [-0.4, -0.2) is 13.0 Å². The fourth-order valence-electron chi connectivity index (χ4n) is 2.16. The second-order valence-corrected chi connectivity index (χ2v) is 5.98. The Labute approximate surface area is 135 Å². The number of hydrogen-bond acceptors (Lipinski definition) is 1. The van der Waals surface area contributed by atoms with Crippen LogP contribution in [0.2, 0.25) is 10.0 Å². The predicted molar refractivity (Wildman–Crippen MR) is 89.5 cm³/mol. The summed E-state index contributed by atoms with van der Waals surface area (Å²) in [6, 6.07) is 11.3. The van der Waals surface area contributed by atoms with Gasteiger partial charge in [0.25, 0.3) is 0 Å². The average Bonchev–Trinajstić information content (AvgIpc) is 2.44. The predicted octanol–water partition coefficient (Wildman–Crippen LogP) is 4.82. The molecule has 0 aromatic heterocycles. The van der Waals surface area contributed by atoms with Crippen molar-refractivity contribution in [2.24, 2.45) is 0 Å². The van der Waals surface area contributed by atoms with Crippen molar-refractivity contribution in [2.75, 3.05) is 11.9 Å². The highest BCUT2D eigenvalue weighted by atomic mass is 35.5. The molecule has 2 aromatic rings. The van der Waals surface area contributed by atoms with Crippen molar-refractivity contribution in [1.82, 2.24) is 0 Å². The number of likely N-dealkylation sites (N-methyl/N-ethyl adjacent to an activating group) is 1. The quantitative estimate of drug-likeness (QED) is 0.794. The molecule has 0 heterocycles. The van der Waals surface area contributed by atoms with Gasteiger partial charge < -0.3 is 4.90 Å². The van der Waals surface area contributed by atoms with E-state index < -0.39 is 0 Å². The van der Waals surface area contributed by atoms with Crippen LogP contribution in [0.1, 0.15) is 16.7 Å².